The van der Waals surface area contributed by atoms with Gasteiger partial charge in [0, 0.05) is 0 Å². The molecule has 0 aliphatic heterocycles. The first-order valence-corrected chi connectivity index (χ1v) is 0. The van der Waals surface area contributed by atoms with E-state index in [2.05, 4.69) is 0 Å². The van der Waals surface area contributed by atoms with Crippen molar-refractivity contribution in [1.29, 1.82) is 0 Å². The zero-order chi connectivity index (χ0) is 0. The molecule has 0 heterocycles. The van der Waals surface area contributed by atoms with E-state index in [1.54, 1.807) is 0 Å². The Bertz CT molecular complexity index is 12.5. The maximum absolute atomic E-state index is 0. The molecule has 90 valence electrons. The van der Waals surface area contributed by atoms with E-state index in [0.29, 0.717) is 0 Å². The van der Waals surface area contributed by atoms with Gasteiger partial charge in [-0.2, -0.15) is 0 Å². The van der Waals surface area contributed by atoms with E-state index < -0.39 is 0 Å². The van der Waals surface area contributed by atoms with E-state index in [1.807, 2.05) is 0 Å². The van der Waals surface area contributed by atoms with Gasteiger partial charge in [0.15, 0.2) is 0 Å². The predicted octanol–water partition coefficient (Wildman–Crippen LogP) is -13.8. The average Bonchev–Trinajstić information content (AvgIpc) is 0. The van der Waals surface area contributed by atoms with Crippen LogP contribution in [-0.2, 0) is 0 Å². The molecule has 0 bridgehead atoms. The van der Waals surface area contributed by atoms with Gasteiger partial charge in [-0.1, -0.05) is 0 Å². The fourth-order valence-electron chi connectivity index (χ4n) is 0. The molecule has 0 aromatic rings. The van der Waals surface area contributed by atoms with Crippen LogP contribution in [0.2, 0.25) is 0 Å². The Kier molecular flexibility index (Phi) is 212000. The summed E-state index contributed by atoms with van der Waals surface area (Å²) in [4.78, 5) is 0. The van der Waals surface area contributed by atoms with Gasteiger partial charge in [-0.05, 0) is 0 Å². The molecule has 0 atom stereocenters. The molecule has 0 aromatic carbocycles. The fourth-order valence-corrected chi connectivity index (χ4v) is 0. The molecule has 2 radical (unpaired) electrons. The first kappa shape index (κ1) is 1810. The Labute approximate surface area is 98.1 Å². The van der Waals surface area contributed by atoms with Crippen LogP contribution in [0.25, 0.3) is 0 Å². The van der Waals surface area contributed by atoms with Crippen LogP contribution in [0.4, 0.5) is 0 Å². The van der Waals surface area contributed by atoms with Crippen molar-refractivity contribution >= 4 is 23.9 Å². The Morgan fingerprint density at radius 1 is 0.250 bits per heavy atom. The minimum Gasteiger partial charge on any atom is -1.00 e. The van der Waals surface area contributed by atoms with Crippen LogP contribution in [-0.4, -0.2) is 73.2 Å². The molecule has 12 heteroatoms. The number of halogens is 2. The minimum absolute atomic E-state index is 0. The normalized spacial score (nSPS) is 0. The standard InChI is InChI=1S/2ClH.9H2O.Sn/h2*1H;9*1H2;/q;;;;;;;;;;;+2/p-2. The maximum atomic E-state index is 0. The van der Waals surface area contributed by atoms with E-state index in [9.17, 15) is 0 Å². The van der Waals surface area contributed by atoms with Gasteiger partial charge in [0.1, 0.15) is 0 Å². The van der Waals surface area contributed by atoms with Crippen molar-refractivity contribution in [1.82, 2.24) is 0 Å². The summed E-state index contributed by atoms with van der Waals surface area (Å²) in [6.45, 7) is 0. The van der Waals surface area contributed by atoms with Crippen LogP contribution < -0.4 is 24.8 Å². The summed E-state index contributed by atoms with van der Waals surface area (Å²) >= 11 is 0. The van der Waals surface area contributed by atoms with Crippen molar-refractivity contribution in [2.75, 3.05) is 0 Å². The van der Waals surface area contributed by atoms with Gasteiger partial charge in [0.05, 0.1) is 0 Å². The summed E-state index contributed by atoms with van der Waals surface area (Å²) in [5.74, 6) is 0. The minimum atomic E-state index is 0. The molecular formula is H18Cl2O9Sn. The van der Waals surface area contributed by atoms with Crippen LogP contribution in [0.5, 0.6) is 0 Å². The number of hydrogen-bond donors (Lipinski definition) is 0. The van der Waals surface area contributed by atoms with E-state index in [0.717, 1.165) is 0 Å². The molecule has 9 nitrogen and oxygen atoms in total. The van der Waals surface area contributed by atoms with Gasteiger partial charge >= 0.3 is 23.9 Å². The van der Waals surface area contributed by atoms with Crippen molar-refractivity contribution in [3.05, 3.63) is 0 Å². The van der Waals surface area contributed by atoms with Crippen LogP contribution in [0.1, 0.15) is 0 Å². The Morgan fingerprint density at radius 2 is 0.250 bits per heavy atom. The molecule has 0 rings (SSSR count). The van der Waals surface area contributed by atoms with E-state index in [4.69, 9.17) is 0 Å². The molecule has 12 heavy (non-hydrogen) atoms. The third-order valence-corrected chi connectivity index (χ3v) is 0. The van der Waals surface area contributed by atoms with E-state index >= 15 is 0 Å². The van der Waals surface area contributed by atoms with Crippen LogP contribution in [0.15, 0.2) is 0 Å². The molecule has 0 unspecified atom stereocenters. The summed E-state index contributed by atoms with van der Waals surface area (Å²) in [5.41, 5.74) is 0. The van der Waals surface area contributed by atoms with Crippen molar-refractivity contribution in [2.24, 2.45) is 0 Å². The zero-order valence-corrected chi connectivity index (χ0v) is 10.1. The first-order valence-electron chi connectivity index (χ1n) is 0. The van der Waals surface area contributed by atoms with Gasteiger partial charge in [0.25, 0.3) is 0 Å². The predicted molar refractivity (Wildman–Crippen MR) is 38.3 cm³/mol. The van der Waals surface area contributed by atoms with Gasteiger partial charge < -0.3 is 74.1 Å². The summed E-state index contributed by atoms with van der Waals surface area (Å²) in [5, 5.41) is 0. The second-order valence-electron chi connectivity index (χ2n) is 0. The SMILES string of the molecule is O.O.O.O.O.O.O.O.O.[Cl-].[Cl-].[Sn+2]. The van der Waals surface area contributed by atoms with Gasteiger partial charge in [-0.15, -0.1) is 0 Å². The van der Waals surface area contributed by atoms with Gasteiger partial charge in [0.2, 0.25) is 0 Å². The average molecular weight is 352 g/mol. The first-order chi connectivity index (χ1) is 0. The third kappa shape index (κ3) is 1070. The number of hydrogen-bond acceptors (Lipinski definition) is 0. The molecule has 0 aliphatic rings. The molecule has 0 amide bonds. The van der Waals surface area contributed by atoms with E-state index in [-0.39, 0.29) is 98.0 Å². The third-order valence-electron chi connectivity index (χ3n) is 0. The largest absolute Gasteiger partial charge is 2.00 e. The van der Waals surface area contributed by atoms with Gasteiger partial charge in [-0.3, -0.25) is 0 Å². The molecule has 18 N–H and O–H groups in total. The monoisotopic (exact) mass is 352 g/mol. The molecular weight excluding hydrogens is 334 g/mol. The molecule has 0 aromatic heterocycles. The summed E-state index contributed by atoms with van der Waals surface area (Å²) < 4.78 is 0. The Morgan fingerprint density at radius 3 is 0.250 bits per heavy atom. The zero-order valence-electron chi connectivity index (χ0n) is 5.76. The van der Waals surface area contributed by atoms with Crippen molar-refractivity contribution in [3.63, 3.8) is 0 Å². The van der Waals surface area contributed by atoms with Crippen molar-refractivity contribution < 1.29 is 74.1 Å². The fraction of sp³-hybridized carbons (Fsp3) is 0. The number of rotatable bonds is 0. The Balaban J connectivity index is 0. The Hall–Kier alpha value is 1.02. The van der Waals surface area contributed by atoms with Crippen LogP contribution >= 0.6 is 0 Å². The summed E-state index contributed by atoms with van der Waals surface area (Å²) in [7, 11) is 0. The smallest absolute Gasteiger partial charge is 1.00 e. The van der Waals surface area contributed by atoms with Crippen LogP contribution in [0.3, 0.4) is 0 Å². The second-order valence-corrected chi connectivity index (χ2v) is 0. The van der Waals surface area contributed by atoms with Crippen molar-refractivity contribution in [2.45, 2.75) is 0 Å². The topological polar surface area (TPSA) is 284 Å². The van der Waals surface area contributed by atoms with Crippen molar-refractivity contribution in [3.8, 4) is 0 Å². The second kappa shape index (κ2) is 1410. The molecule has 0 saturated heterocycles. The quantitative estimate of drug-likeness (QED) is 0.367. The maximum Gasteiger partial charge on any atom is 2.00 e. The van der Waals surface area contributed by atoms with Crippen LogP contribution in [0, 0.1) is 0 Å². The summed E-state index contributed by atoms with van der Waals surface area (Å²) in [6.07, 6.45) is 0. The van der Waals surface area contributed by atoms with Gasteiger partial charge in [-0.25, -0.2) is 0 Å². The summed E-state index contributed by atoms with van der Waals surface area (Å²) in [6, 6.07) is 0. The molecule has 0 spiro atoms. The molecule has 0 aliphatic carbocycles. The molecule has 0 saturated carbocycles. The van der Waals surface area contributed by atoms with E-state index in [1.165, 1.54) is 0 Å². The molecule has 0 fully saturated rings.